The molecular weight excluding hydrogens is 268 g/mol. The quantitative estimate of drug-likeness (QED) is 0.941. The van der Waals surface area contributed by atoms with E-state index < -0.39 is 0 Å². The largest absolute Gasteiger partial charge is 0.372 e. The first-order valence-electron chi connectivity index (χ1n) is 7.22. The zero-order valence-electron chi connectivity index (χ0n) is 12.4. The molecule has 4 nitrogen and oxygen atoms in total. The second kappa shape index (κ2) is 5.30. The van der Waals surface area contributed by atoms with Crippen LogP contribution >= 0.6 is 11.3 Å². The van der Waals surface area contributed by atoms with Gasteiger partial charge < -0.3 is 5.32 Å². The van der Waals surface area contributed by atoms with E-state index in [4.69, 9.17) is 4.98 Å². The van der Waals surface area contributed by atoms with Crippen molar-refractivity contribution in [2.75, 3.05) is 25.5 Å². The van der Waals surface area contributed by atoms with Crippen LogP contribution in [-0.2, 0) is 6.54 Å². The van der Waals surface area contributed by atoms with Gasteiger partial charge in [0, 0.05) is 7.05 Å². The molecule has 0 atom stereocenters. The number of anilines is 1. The fourth-order valence-corrected chi connectivity index (χ4v) is 3.46. The van der Waals surface area contributed by atoms with Crippen molar-refractivity contribution in [2.45, 2.75) is 33.2 Å². The summed E-state index contributed by atoms with van der Waals surface area (Å²) < 4.78 is 0. The highest BCUT2D eigenvalue weighted by Gasteiger charge is 2.25. The molecule has 20 heavy (non-hydrogen) atoms. The molecule has 0 unspecified atom stereocenters. The van der Waals surface area contributed by atoms with E-state index >= 15 is 0 Å². The van der Waals surface area contributed by atoms with E-state index in [1.54, 1.807) is 11.3 Å². The molecule has 2 aromatic rings. The topological polar surface area (TPSA) is 41.1 Å². The fourth-order valence-electron chi connectivity index (χ4n) is 2.68. The maximum absolute atomic E-state index is 4.70. The van der Waals surface area contributed by atoms with Crippen molar-refractivity contribution in [1.29, 1.82) is 0 Å². The van der Waals surface area contributed by atoms with Gasteiger partial charge in [-0.05, 0) is 42.8 Å². The Morgan fingerprint density at radius 2 is 2.05 bits per heavy atom. The van der Waals surface area contributed by atoms with Crippen molar-refractivity contribution in [3.63, 3.8) is 0 Å². The van der Waals surface area contributed by atoms with Crippen LogP contribution in [0, 0.1) is 5.41 Å². The molecule has 3 heterocycles. The van der Waals surface area contributed by atoms with Gasteiger partial charge in [-0.2, -0.15) is 0 Å². The molecular formula is C15H22N4S. The van der Waals surface area contributed by atoms with Crippen LogP contribution in [0.15, 0.2) is 11.4 Å². The summed E-state index contributed by atoms with van der Waals surface area (Å²) in [5, 5.41) is 6.39. The first-order chi connectivity index (χ1) is 9.57. The van der Waals surface area contributed by atoms with Crippen molar-refractivity contribution in [2.24, 2.45) is 5.41 Å². The van der Waals surface area contributed by atoms with Gasteiger partial charge in [-0.15, -0.1) is 11.3 Å². The van der Waals surface area contributed by atoms with Crippen molar-refractivity contribution < 1.29 is 0 Å². The lowest BCUT2D eigenvalue weighted by molar-refractivity contribution is 0.125. The predicted octanol–water partition coefficient (Wildman–Crippen LogP) is 3.36. The van der Waals surface area contributed by atoms with E-state index in [1.807, 2.05) is 7.05 Å². The van der Waals surface area contributed by atoms with Gasteiger partial charge in [0.05, 0.1) is 11.9 Å². The SMILES string of the molecule is CNc1nc(CN2CCC(C)(C)CC2)nc2sccc12. The van der Waals surface area contributed by atoms with Gasteiger partial charge in [-0.1, -0.05) is 13.8 Å². The van der Waals surface area contributed by atoms with Crippen LogP contribution in [0.2, 0.25) is 0 Å². The average Bonchev–Trinajstić information content (AvgIpc) is 2.88. The van der Waals surface area contributed by atoms with E-state index in [0.29, 0.717) is 5.41 Å². The van der Waals surface area contributed by atoms with E-state index in [-0.39, 0.29) is 0 Å². The predicted molar refractivity (Wildman–Crippen MR) is 85.3 cm³/mol. The number of aromatic nitrogens is 2. The molecule has 1 fully saturated rings. The van der Waals surface area contributed by atoms with Crippen LogP contribution in [0.25, 0.3) is 10.2 Å². The van der Waals surface area contributed by atoms with Crippen molar-refractivity contribution >= 4 is 27.4 Å². The van der Waals surface area contributed by atoms with Gasteiger partial charge in [-0.3, -0.25) is 4.90 Å². The Bertz CT molecular complexity index is 595. The van der Waals surface area contributed by atoms with E-state index in [9.17, 15) is 0 Å². The van der Waals surface area contributed by atoms with Gasteiger partial charge in [0.25, 0.3) is 0 Å². The van der Waals surface area contributed by atoms with Crippen LogP contribution in [-0.4, -0.2) is 35.0 Å². The summed E-state index contributed by atoms with van der Waals surface area (Å²) in [5.41, 5.74) is 0.491. The summed E-state index contributed by atoms with van der Waals surface area (Å²) in [5.74, 6) is 1.88. The van der Waals surface area contributed by atoms with Crippen molar-refractivity contribution in [3.05, 3.63) is 17.3 Å². The Morgan fingerprint density at radius 3 is 2.75 bits per heavy atom. The molecule has 0 spiro atoms. The van der Waals surface area contributed by atoms with E-state index in [0.717, 1.165) is 41.5 Å². The molecule has 108 valence electrons. The highest BCUT2D eigenvalue weighted by Crippen LogP contribution is 2.30. The Labute approximate surface area is 124 Å². The molecule has 0 aromatic carbocycles. The van der Waals surface area contributed by atoms with Gasteiger partial charge in [0.1, 0.15) is 16.5 Å². The molecule has 0 bridgehead atoms. The zero-order valence-corrected chi connectivity index (χ0v) is 13.3. The van der Waals surface area contributed by atoms with Crippen LogP contribution in [0.4, 0.5) is 5.82 Å². The number of fused-ring (bicyclic) bond motifs is 1. The molecule has 0 saturated carbocycles. The third-order valence-corrected chi connectivity index (χ3v) is 4.99. The average molecular weight is 290 g/mol. The zero-order chi connectivity index (χ0) is 14.2. The van der Waals surface area contributed by atoms with E-state index in [1.165, 1.54) is 12.8 Å². The fraction of sp³-hybridized carbons (Fsp3) is 0.600. The first-order valence-corrected chi connectivity index (χ1v) is 8.10. The number of hydrogen-bond donors (Lipinski definition) is 1. The Kier molecular flexibility index (Phi) is 3.65. The van der Waals surface area contributed by atoms with E-state index in [2.05, 4.69) is 40.5 Å². The molecule has 3 rings (SSSR count). The Hall–Kier alpha value is -1.20. The smallest absolute Gasteiger partial charge is 0.146 e. The van der Waals surface area contributed by atoms with Crippen LogP contribution in [0.3, 0.4) is 0 Å². The first kappa shape index (κ1) is 13.8. The van der Waals surface area contributed by atoms with Gasteiger partial charge >= 0.3 is 0 Å². The minimum absolute atomic E-state index is 0.491. The number of nitrogens with zero attached hydrogens (tertiary/aromatic N) is 3. The van der Waals surface area contributed by atoms with Crippen LogP contribution in [0.5, 0.6) is 0 Å². The third kappa shape index (κ3) is 2.79. The lowest BCUT2D eigenvalue weighted by atomic mass is 9.83. The summed E-state index contributed by atoms with van der Waals surface area (Å²) in [6.07, 6.45) is 2.51. The summed E-state index contributed by atoms with van der Waals surface area (Å²) in [4.78, 5) is 12.9. The number of hydrogen-bond acceptors (Lipinski definition) is 5. The highest BCUT2D eigenvalue weighted by molar-refractivity contribution is 7.16. The second-order valence-electron chi connectivity index (χ2n) is 6.32. The molecule has 5 heteroatoms. The molecule has 0 aliphatic carbocycles. The van der Waals surface area contributed by atoms with Gasteiger partial charge in [-0.25, -0.2) is 9.97 Å². The highest BCUT2D eigenvalue weighted by atomic mass is 32.1. The minimum Gasteiger partial charge on any atom is -0.372 e. The third-order valence-electron chi connectivity index (χ3n) is 4.18. The maximum atomic E-state index is 4.70. The number of thiophene rings is 1. The molecule has 1 aliphatic heterocycles. The number of likely N-dealkylation sites (tertiary alicyclic amines) is 1. The lowest BCUT2D eigenvalue weighted by Gasteiger charge is -2.36. The summed E-state index contributed by atoms with van der Waals surface area (Å²) in [7, 11) is 1.92. The lowest BCUT2D eigenvalue weighted by Crippen LogP contribution is -2.37. The summed E-state index contributed by atoms with van der Waals surface area (Å²) >= 11 is 1.68. The summed E-state index contributed by atoms with van der Waals surface area (Å²) in [6, 6.07) is 2.08. The minimum atomic E-state index is 0.491. The second-order valence-corrected chi connectivity index (χ2v) is 7.21. The number of rotatable bonds is 3. The number of piperidine rings is 1. The van der Waals surface area contributed by atoms with Crippen molar-refractivity contribution in [3.8, 4) is 0 Å². The maximum Gasteiger partial charge on any atom is 0.146 e. The molecule has 1 aliphatic rings. The Morgan fingerprint density at radius 1 is 1.30 bits per heavy atom. The molecule has 1 N–H and O–H groups in total. The molecule has 0 amide bonds. The Balaban J connectivity index is 1.77. The molecule has 0 radical (unpaired) electrons. The standard InChI is InChI=1S/C15H22N4S/c1-15(2)5-7-19(8-6-15)10-12-17-13(16-3)11-4-9-20-14(11)18-12/h4,9H,5-8,10H2,1-3H3,(H,16,17,18). The van der Waals surface area contributed by atoms with Gasteiger partial charge in [0.2, 0.25) is 0 Å². The summed E-state index contributed by atoms with van der Waals surface area (Å²) in [6.45, 7) is 7.87. The van der Waals surface area contributed by atoms with Crippen LogP contribution < -0.4 is 5.32 Å². The number of nitrogens with one attached hydrogen (secondary N) is 1. The molecule has 1 saturated heterocycles. The van der Waals surface area contributed by atoms with Crippen LogP contribution in [0.1, 0.15) is 32.5 Å². The normalized spacial score (nSPS) is 19.4. The van der Waals surface area contributed by atoms with Gasteiger partial charge in [0.15, 0.2) is 0 Å². The van der Waals surface area contributed by atoms with Crippen molar-refractivity contribution in [1.82, 2.24) is 14.9 Å². The molecule has 2 aromatic heterocycles. The monoisotopic (exact) mass is 290 g/mol.